The number of nitrogens with zero attached hydrogens (tertiary/aromatic N) is 1. The fourth-order valence-corrected chi connectivity index (χ4v) is 1.61. The van der Waals surface area contributed by atoms with Crippen LogP contribution in [0.25, 0.3) is 0 Å². The molecule has 1 aromatic carbocycles. The van der Waals surface area contributed by atoms with Crippen molar-refractivity contribution >= 4 is 11.9 Å². The van der Waals surface area contributed by atoms with E-state index in [1.807, 2.05) is 31.2 Å². The Balaban J connectivity index is 2.39. The zero-order valence-electron chi connectivity index (χ0n) is 10.8. The lowest BCUT2D eigenvalue weighted by Gasteiger charge is -2.16. The van der Waals surface area contributed by atoms with Crippen LogP contribution in [0.15, 0.2) is 24.3 Å². The minimum Gasteiger partial charge on any atom is -0.481 e. The minimum absolute atomic E-state index is 0.0178. The van der Waals surface area contributed by atoms with Crippen molar-refractivity contribution in [1.82, 2.24) is 4.90 Å². The van der Waals surface area contributed by atoms with Crippen LogP contribution in [0.2, 0.25) is 0 Å². The lowest BCUT2D eigenvalue weighted by Crippen LogP contribution is -2.29. The Bertz CT molecular complexity index is 412. The van der Waals surface area contributed by atoms with Gasteiger partial charge in [-0.1, -0.05) is 29.8 Å². The quantitative estimate of drug-likeness (QED) is 0.837. The lowest BCUT2D eigenvalue weighted by atomic mass is 10.1. The number of likely N-dealkylation sites (N-methyl/N-ethyl adjacent to an activating group) is 1. The van der Waals surface area contributed by atoms with Gasteiger partial charge in [-0.15, -0.1) is 0 Å². The molecule has 0 spiro atoms. The average Bonchev–Trinajstić information content (AvgIpc) is 2.31. The molecule has 1 N–H and O–H groups in total. The maximum atomic E-state index is 11.9. The molecule has 0 fully saturated rings. The molecule has 4 heteroatoms. The van der Waals surface area contributed by atoms with Gasteiger partial charge >= 0.3 is 5.97 Å². The average molecular weight is 249 g/mol. The maximum absolute atomic E-state index is 11.9. The number of aryl methyl sites for hydroxylation is 1. The third-order valence-electron chi connectivity index (χ3n) is 2.79. The predicted octanol–water partition coefficient (Wildman–Crippen LogP) is 1.86. The summed E-state index contributed by atoms with van der Waals surface area (Å²) in [5, 5.41) is 8.52. The number of benzene rings is 1. The van der Waals surface area contributed by atoms with E-state index < -0.39 is 5.97 Å². The standard InChI is InChI=1S/C14H19NO3/c1-11-5-7-12(8-6-11)10-13(16)15(2)9-3-4-14(17)18/h5-8H,3-4,9-10H2,1-2H3,(H,17,18). The van der Waals surface area contributed by atoms with E-state index in [1.165, 1.54) is 5.56 Å². The molecule has 0 radical (unpaired) electrons. The van der Waals surface area contributed by atoms with Crippen LogP contribution in [0, 0.1) is 6.92 Å². The summed E-state index contributed by atoms with van der Waals surface area (Å²) in [6.07, 6.45) is 0.956. The van der Waals surface area contributed by atoms with Crippen LogP contribution >= 0.6 is 0 Å². The van der Waals surface area contributed by atoms with Crippen molar-refractivity contribution in [1.29, 1.82) is 0 Å². The van der Waals surface area contributed by atoms with Gasteiger partial charge in [0, 0.05) is 20.0 Å². The molecule has 98 valence electrons. The first-order valence-corrected chi connectivity index (χ1v) is 6.00. The highest BCUT2D eigenvalue weighted by atomic mass is 16.4. The highest BCUT2D eigenvalue weighted by Gasteiger charge is 2.09. The SMILES string of the molecule is Cc1ccc(CC(=O)N(C)CCCC(=O)O)cc1. The van der Waals surface area contributed by atoms with Gasteiger partial charge in [-0.2, -0.15) is 0 Å². The summed E-state index contributed by atoms with van der Waals surface area (Å²) < 4.78 is 0. The molecule has 0 heterocycles. The lowest BCUT2D eigenvalue weighted by molar-refractivity contribution is -0.138. The molecule has 0 aliphatic carbocycles. The fourth-order valence-electron chi connectivity index (χ4n) is 1.61. The Morgan fingerprint density at radius 3 is 2.39 bits per heavy atom. The molecule has 0 bridgehead atoms. The van der Waals surface area contributed by atoms with Crippen LogP contribution in [-0.2, 0) is 16.0 Å². The monoisotopic (exact) mass is 249 g/mol. The van der Waals surface area contributed by atoms with Crippen molar-refractivity contribution in [3.8, 4) is 0 Å². The van der Waals surface area contributed by atoms with Gasteiger partial charge in [-0.25, -0.2) is 0 Å². The van der Waals surface area contributed by atoms with Crippen LogP contribution in [-0.4, -0.2) is 35.5 Å². The number of carboxylic acids is 1. The highest BCUT2D eigenvalue weighted by molar-refractivity contribution is 5.78. The topological polar surface area (TPSA) is 57.6 Å². The molecule has 0 unspecified atom stereocenters. The highest BCUT2D eigenvalue weighted by Crippen LogP contribution is 2.06. The zero-order chi connectivity index (χ0) is 13.5. The summed E-state index contributed by atoms with van der Waals surface area (Å²) in [5.41, 5.74) is 2.15. The molecule has 1 amide bonds. The summed E-state index contributed by atoms with van der Waals surface area (Å²) >= 11 is 0. The van der Waals surface area contributed by atoms with Crippen LogP contribution in [0.1, 0.15) is 24.0 Å². The molecule has 18 heavy (non-hydrogen) atoms. The van der Waals surface area contributed by atoms with E-state index in [1.54, 1.807) is 11.9 Å². The van der Waals surface area contributed by atoms with Gasteiger partial charge in [0.25, 0.3) is 0 Å². The van der Waals surface area contributed by atoms with E-state index in [2.05, 4.69) is 0 Å². The molecule has 0 aromatic heterocycles. The number of hydrogen-bond donors (Lipinski definition) is 1. The second-order valence-electron chi connectivity index (χ2n) is 4.47. The Morgan fingerprint density at radius 1 is 1.22 bits per heavy atom. The number of carbonyl (C=O) groups excluding carboxylic acids is 1. The van der Waals surface area contributed by atoms with Crippen LogP contribution in [0.4, 0.5) is 0 Å². The van der Waals surface area contributed by atoms with E-state index in [0.717, 1.165) is 5.56 Å². The van der Waals surface area contributed by atoms with E-state index in [4.69, 9.17) is 5.11 Å². The van der Waals surface area contributed by atoms with Crippen molar-refractivity contribution in [3.05, 3.63) is 35.4 Å². The fraction of sp³-hybridized carbons (Fsp3) is 0.429. The van der Waals surface area contributed by atoms with E-state index in [0.29, 0.717) is 19.4 Å². The van der Waals surface area contributed by atoms with E-state index in [9.17, 15) is 9.59 Å². The Kier molecular flexibility index (Phi) is 5.36. The predicted molar refractivity (Wildman–Crippen MR) is 69.4 cm³/mol. The summed E-state index contributed by atoms with van der Waals surface area (Å²) in [6.45, 7) is 2.49. The van der Waals surface area contributed by atoms with Gasteiger partial charge in [0.2, 0.25) is 5.91 Å². The molecular weight excluding hydrogens is 230 g/mol. The molecule has 0 saturated carbocycles. The Labute approximate surface area is 107 Å². The molecule has 4 nitrogen and oxygen atoms in total. The number of carboxylic acid groups (broad SMARTS) is 1. The Morgan fingerprint density at radius 2 is 1.83 bits per heavy atom. The van der Waals surface area contributed by atoms with Gasteiger partial charge in [-0.05, 0) is 18.9 Å². The van der Waals surface area contributed by atoms with Gasteiger partial charge in [0.1, 0.15) is 0 Å². The first-order valence-electron chi connectivity index (χ1n) is 6.00. The maximum Gasteiger partial charge on any atom is 0.303 e. The molecule has 0 saturated heterocycles. The third kappa shape index (κ3) is 4.99. The van der Waals surface area contributed by atoms with Gasteiger partial charge in [-0.3, -0.25) is 9.59 Å². The van der Waals surface area contributed by atoms with Crippen LogP contribution in [0.5, 0.6) is 0 Å². The number of amides is 1. The summed E-state index contributed by atoms with van der Waals surface area (Å²) in [4.78, 5) is 23.8. The largest absolute Gasteiger partial charge is 0.481 e. The minimum atomic E-state index is -0.825. The van der Waals surface area contributed by atoms with E-state index >= 15 is 0 Å². The van der Waals surface area contributed by atoms with Gasteiger partial charge < -0.3 is 10.0 Å². The van der Waals surface area contributed by atoms with Crippen molar-refractivity contribution in [2.75, 3.05) is 13.6 Å². The summed E-state index contributed by atoms with van der Waals surface area (Å²) in [7, 11) is 1.71. The van der Waals surface area contributed by atoms with Crippen molar-refractivity contribution in [3.63, 3.8) is 0 Å². The molecule has 0 aliphatic rings. The molecule has 0 aliphatic heterocycles. The second kappa shape index (κ2) is 6.79. The van der Waals surface area contributed by atoms with Gasteiger partial charge in [0.05, 0.1) is 6.42 Å². The molecular formula is C14H19NO3. The van der Waals surface area contributed by atoms with Crippen molar-refractivity contribution in [2.45, 2.75) is 26.2 Å². The van der Waals surface area contributed by atoms with Crippen molar-refractivity contribution in [2.24, 2.45) is 0 Å². The molecule has 1 rings (SSSR count). The first kappa shape index (κ1) is 14.2. The normalized spacial score (nSPS) is 10.1. The van der Waals surface area contributed by atoms with Gasteiger partial charge in [0.15, 0.2) is 0 Å². The molecule has 1 aromatic rings. The number of carbonyl (C=O) groups is 2. The van der Waals surface area contributed by atoms with Crippen molar-refractivity contribution < 1.29 is 14.7 Å². The summed E-state index contributed by atoms with van der Waals surface area (Å²) in [5.74, 6) is -0.807. The second-order valence-corrected chi connectivity index (χ2v) is 4.47. The smallest absolute Gasteiger partial charge is 0.303 e. The number of hydrogen-bond acceptors (Lipinski definition) is 2. The summed E-state index contributed by atoms with van der Waals surface area (Å²) in [6, 6.07) is 7.84. The number of rotatable bonds is 6. The Hall–Kier alpha value is -1.84. The van der Waals surface area contributed by atoms with Crippen LogP contribution in [0.3, 0.4) is 0 Å². The number of aliphatic carboxylic acids is 1. The van der Waals surface area contributed by atoms with E-state index in [-0.39, 0.29) is 12.3 Å². The zero-order valence-corrected chi connectivity index (χ0v) is 10.8. The molecule has 0 atom stereocenters. The third-order valence-corrected chi connectivity index (χ3v) is 2.79. The van der Waals surface area contributed by atoms with Crippen LogP contribution < -0.4 is 0 Å². The first-order chi connectivity index (χ1) is 8.49.